The van der Waals surface area contributed by atoms with E-state index < -0.39 is 0 Å². The number of amides is 1. The van der Waals surface area contributed by atoms with Gasteiger partial charge in [0.2, 0.25) is 5.91 Å². The first kappa shape index (κ1) is 13.5. The molecular weight excluding hydrogens is 240 g/mol. The van der Waals surface area contributed by atoms with Crippen LogP contribution in [-0.4, -0.2) is 22.6 Å². The second kappa shape index (κ2) is 6.89. The van der Waals surface area contributed by atoms with Crippen molar-refractivity contribution in [2.45, 2.75) is 32.1 Å². The lowest BCUT2D eigenvalue weighted by Gasteiger charge is -2.05. The second-order valence-electron chi connectivity index (χ2n) is 4.67. The molecule has 0 spiro atoms. The largest absolute Gasteiger partial charge is 0.330 e. The molecule has 4 N–H and O–H groups in total. The van der Waals surface area contributed by atoms with Gasteiger partial charge in [-0.2, -0.15) is 5.10 Å². The Labute approximate surface area is 112 Å². The number of nitrogens with one attached hydrogen (secondary N) is 2. The van der Waals surface area contributed by atoms with Crippen LogP contribution in [0.2, 0.25) is 0 Å². The molecule has 0 unspecified atom stereocenters. The van der Waals surface area contributed by atoms with Crippen molar-refractivity contribution in [2.75, 3.05) is 11.9 Å². The summed E-state index contributed by atoms with van der Waals surface area (Å²) in [7, 11) is 0. The summed E-state index contributed by atoms with van der Waals surface area (Å²) in [6, 6.07) is 5.73. The van der Waals surface area contributed by atoms with E-state index in [2.05, 4.69) is 15.5 Å². The van der Waals surface area contributed by atoms with E-state index in [4.69, 9.17) is 5.73 Å². The highest BCUT2D eigenvalue weighted by Gasteiger charge is 2.03. The zero-order chi connectivity index (χ0) is 13.5. The van der Waals surface area contributed by atoms with Crippen molar-refractivity contribution >= 4 is 22.5 Å². The van der Waals surface area contributed by atoms with Gasteiger partial charge < -0.3 is 11.1 Å². The molecule has 0 fully saturated rings. The predicted molar refractivity (Wildman–Crippen MR) is 76.9 cm³/mol. The molecule has 102 valence electrons. The molecule has 2 aromatic rings. The number of rotatable bonds is 7. The Morgan fingerprint density at radius 1 is 1.26 bits per heavy atom. The van der Waals surface area contributed by atoms with E-state index in [-0.39, 0.29) is 5.91 Å². The molecular formula is C14H20N4O. The van der Waals surface area contributed by atoms with Gasteiger partial charge in [0.15, 0.2) is 0 Å². The van der Waals surface area contributed by atoms with Gasteiger partial charge in [0.25, 0.3) is 0 Å². The number of nitrogens with two attached hydrogens (primary N) is 1. The average Bonchev–Trinajstić information content (AvgIpc) is 2.86. The van der Waals surface area contributed by atoms with E-state index >= 15 is 0 Å². The van der Waals surface area contributed by atoms with Crippen molar-refractivity contribution in [1.82, 2.24) is 10.2 Å². The number of carbonyl (C=O) groups is 1. The lowest BCUT2D eigenvalue weighted by molar-refractivity contribution is -0.116. The molecule has 1 aromatic heterocycles. The molecule has 0 radical (unpaired) electrons. The van der Waals surface area contributed by atoms with Crippen molar-refractivity contribution in [3.05, 3.63) is 24.4 Å². The number of hydrogen-bond donors (Lipinski definition) is 3. The number of benzene rings is 1. The third kappa shape index (κ3) is 4.06. The average molecular weight is 260 g/mol. The van der Waals surface area contributed by atoms with Crippen LogP contribution in [0.3, 0.4) is 0 Å². The van der Waals surface area contributed by atoms with Crippen molar-refractivity contribution < 1.29 is 4.79 Å². The van der Waals surface area contributed by atoms with Crippen LogP contribution in [0, 0.1) is 0 Å². The van der Waals surface area contributed by atoms with Gasteiger partial charge >= 0.3 is 0 Å². The molecule has 0 saturated carbocycles. The number of anilines is 1. The maximum absolute atomic E-state index is 11.8. The number of unbranched alkanes of at least 4 members (excludes halogenated alkanes) is 3. The molecule has 1 heterocycles. The van der Waals surface area contributed by atoms with Crippen molar-refractivity contribution in [3.8, 4) is 0 Å². The standard InChI is InChI=1S/C14H20N4O/c15-8-4-2-1-3-5-14(19)17-12-7-6-11-10-16-18-13(11)9-12/h6-7,9-10H,1-5,8,15H2,(H,16,18)(H,17,19). The summed E-state index contributed by atoms with van der Waals surface area (Å²) < 4.78 is 0. The van der Waals surface area contributed by atoms with Crippen LogP contribution in [-0.2, 0) is 4.79 Å². The molecule has 0 bridgehead atoms. The minimum absolute atomic E-state index is 0.0617. The van der Waals surface area contributed by atoms with Gasteiger partial charge in [-0.3, -0.25) is 9.89 Å². The van der Waals surface area contributed by atoms with E-state index in [1.807, 2.05) is 18.2 Å². The molecule has 0 saturated heterocycles. The first-order chi connectivity index (χ1) is 9.29. The van der Waals surface area contributed by atoms with Crippen molar-refractivity contribution in [2.24, 2.45) is 5.73 Å². The summed E-state index contributed by atoms with van der Waals surface area (Å²) in [5.41, 5.74) is 7.16. The fraction of sp³-hybridized carbons (Fsp3) is 0.429. The highest BCUT2D eigenvalue weighted by atomic mass is 16.1. The second-order valence-corrected chi connectivity index (χ2v) is 4.67. The normalized spacial score (nSPS) is 10.8. The van der Waals surface area contributed by atoms with Crippen LogP contribution in [0.25, 0.3) is 10.9 Å². The fourth-order valence-corrected chi connectivity index (χ4v) is 2.02. The molecule has 0 aliphatic heterocycles. The topological polar surface area (TPSA) is 83.8 Å². The number of H-pyrrole nitrogens is 1. The van der Waals surface area contributed by atoms with Gasteiger partial charge in [-0.1, -0.05) is 12.8 Å². The summed E-state index contributed by atoms with van der Waals surface area (Å²) in [5, 5.41) is 10.8. The monoisotopic (exact) mass is 260 g/mol. The maximum atomic E-state index is 11.8. The molecule has 5 nitrogen and oxygen atoms in total. The quantitative estimate of drug-likeness (QED) is 0.668. The van der Waals surface area contributed by atoms with Gasteiger partial charge in [-0.25, -0.2) is 0 Å². The summed E-state index contributed by atoms with van der Waals surface area (Å²) in [4.78, 5) is 11.8. The zero-order valence-electron chi connectivity index (χ0n) is 11.0. The van der Waals surface area contributed by atoms with Gasteiger partial charge in [-0.05, 0) is 37.6 Å². The summed E-state index contributed by atoms with van der Waals surface area (Å²) in [5.74, 6) is 0.0617. The van der Waals surface area contributed by atoms with Gasteiger partial charge in [0, 0.05) is 17.5 Å². The number of hydrogen-bond acceptors (Lipinski definition) is 3. The van der Waals surface area contributed by atoms with Crippen LogP contribution >= 0.6 is 0 Å². The van der Waals surface area contributed by atoms with E-state index in [0.717, 1.165) is 48.8 Å². The Bertz CT molecular complexity index is 535. The van der Waals surface area contributed by atoms with Crippen LogP contribution in [0.1, 0.15) is 32.1 Å². The van der Waals surface area contributed by atoms with Crippen LogP contribution < -0.4 is 11.1 Å². The lowest BCUT2D eigenvalue weighted by atomic mass is 10.1. The Hall–Kier alpha value is -1.88. The molecule has 1 amide bonds. The predicted octanol–water partition coefficient (Wildman–Crippen LogP) is 2.41. The molecule has 1 aromatic carbocycles. The summed E-state index contributed by atoms with van der Waals surface area (Å²) in [6.07, 6.45) is 6.44. The third-order valence-corrected chi connectivity index (χ3v) is 3.08. The Morgan fingerprint density at radius 2 is 2.11 bits per heavy atom. The Balaban J connectivity index is 1.78. The lowest BCUT2D eigenvalue weighted by Crippen LogP contribution is -2.11. The summed E-state index contributed by atoms with van der Waals surface area (Å²) in [6.45, 7) is 0.733. The van der Waals surface area contributed by atoms with Crippen molar-refractivity contribution in [1.29, 1.82) is 0 Å². The van der Waals surface area contributed by atoms with Gasteiger partial charge in [0.05, 0.1) is 11.7 Å². The third-order valence-electron chi connectivity index (χ3n) is 3.08. The first-order valence-corrected chi connectivity index (χ1v) is 6.72. The molecule has 0 aliphatic rings. The first-order valence-electron chi connectivity index (χ1n) is 6.72. The van der Waals surface area contributed by atoms with Crippen LogP contribution in [0.15, 0.2) is 24.4 Å². The van der Waals surface area contributed by atoms with Crippen LogP contribution in [0.5, 0.6) is 0 Å². The minimum Gasteiger partial charge on any atom is -0.330 e. The van der Waals surface area contributed by atoms with E-state index in [1.54, 1.807) is 6.20 Å². The number of aromatic nitrogens is 2. The van der Waals surface area contributed by atoms with Crippen molar-refractivity contribution in [3.63, 3.8) is 0 Å². The number of carbonyl (C=O) groups excluding carboxylic acids is 1. The summed E-state index contributed by atoms with van der Waals surface area (Å²) >= 11 is 0. The molecule has 5 heteroatoms. The van der Waals surface area contributed by atoms with Crippen LogP contribution in [0.4, 0.5) is 5.69 Å². The van der Waals surface area contributed by atoms with E-state index in [0.29, 0.717) is 6.42 Å². The SMILES string of the molecule is NCCCCCCC(=O)Nc1ccc2cn[nH]c2c1. The number of aromatic amines is 1. The highest BCUT2D eigenvalue weighted by molar-refractivity contribution is 5.93. The maximum Gasteiger partial charge on any atom is 0.224 e. The zero-order valence-corrected chi connectivity index (χ0v) is 11.0. The smallest absolute Gasteiger partial charge is 0.224 e. The number of fused-ring (bicyclic) bond motifs is 1. The highest BCUT2D eigenvalue weighted by Crippen LogP contribution is 2.16. The minimum atomic E-state index is 0.0617. The van der Waals surface area contributed by atoms with E-state index in [9.17, 15) is 4.79 Å². The van der Waals surface area contributed by atoms with E-state index in [1.165, 1.54) is 0 Å². The van der Waals surface area contributed by atoms with Gasteiger partial charge in [0.1, 0.15) is 0 Å². The fourth-order valence-electron chi connectivity index (χ4n) is 2.02. The number of nitrogens with zero attached hydrogens (tertiary/aromatic N) is 1. The van der Waals surface area contributed by atoms with Gasteiger partial charge in [-0.15, -0.1) is 0 Å². The molecule has 19 heavy (non-hydrogen) atoms. The Kier molecular flexibility index (Phi) is 4.92. The molecule has 0 atom stereocenters. The molecule has 2 rings (SSSR count). The molecule has 0 aliphatic carbocycles. The Morgan fingerprint density at radius 3 is 2.95 bits per heavy atom.